The highest BCUT2D eigenvalue weighted by molar-refractivity contribution is 6.07. The Hall–Kier alpha value is -3.94. The van der Waals surface area contributed by atoms with Gasteiger partial charge in [0.2, 0.25) is 5.56 Å². The van der Waals surface area contributed by atoms with Gasteiger partial charge in [0.1, 0.15) is 5.82 Å². The molecular weight excluding hydrogens is 547 g/mol. The lowest BCUT2D eigenvalue weighted by Crippen LogP contribution is -2.54. The summed E-state index contributed by atoms with van der Waals surface area (Å²) in [5.74, 6) is -2.19. The lowest BCUT2D eigenvalue weighted by atomic mass is 10.0. The van der Waals surface area contributed by atoms with Crippen LogP contribution in [-0.4, -0.2) is 41.0 Å². The van der Waals surface area contributed by atoms with Crippen molar-refractivity contribution < 1.29 is 35.5 Å². The highest BCUT2D eigenvalue weighted by Gasteiger charge is 2.37. The number of pyridine rings is 2. The van der Waals surface area contributed by atoms with Crippen molar-refractivity contribution in [1.29, 1.82) is 0 Å². The maximum Gasteiger partial charge on any atom is 0.418 e. The summed E-state index contributed by atoms with van der Waals surface area (Å²) in [6.45, 7) is 5.54. The minimum atomic E-state index is -5.04. The number of benzene rings is 1. The van der Waals surface area contributed by atoms with Crippen molar-refractivity contribution >= 4 is 17.3 Å². The minimum absolute atomic E-state index is 0.0817. The Bertz CT molecular complexity index is 1490. The first-order valence-corrected chi connectivity index (χ1v) is 12.0. The molecule has 0 spiro atoms. The van der Waals surface area contributed by atoms with Gasteiger partial charge in [0.15, 0.2) is 0 Å². The van der Waals surface area contributed by atoms with Gasteiger partial charge >= 0.3 is 12.4 Å². The van der Waals surface area contributed by atoms with Gasteiger partial charge in [0, 0.05) is 60.5 Å². The Morgan fingerprint density at radius 1 is 1.00 bits per heavy atom. The largest absolute Gasteiger partial charge is 0.418 e. The van der Waals surface area contributed by atoms with E-state index in [2.05, 4.69) is 15.6 Å². The topological polar surface area (TPSA) is 90.1 Å². The Morgan fingerprint density at radius 2 is 1.62 bits per heavy atom. The first-order chi connectivity index (χ1) is 18.5. The van der Waals surface area contributed by atoms with E-state index in [0.717, 1.165) is 25.3 Å². The number of aromatic nitrogens is 2. The van der Waals surface area contributed by atoms with Crippen molar-refractivity contribution in [2.24, 2.45) is 0 Å². The van der Waals surface area contributed by atoms with Crippen molar-refractivity contribution in [3.05, 3.63) is 75.2 Å². The molecule has 1 aliphatic rings. The number of piperazine rings is 1. The van der Waals surface area contributed by atoms with Crippen LogP contribution in [0.4, 0.5) is 42.1 Å². The molecule has 1 aromatic carbocycles. The number of carbonyl (C=O) groups is 1. The van der Waals surface area contributed by atoms with E-state index in [9.17, 15) is 35.9 Å². The second-order valence-electron chi connectivity index (χ2n) is 9.65. The summed E-state index contributed by atoms with van der Waals surface area (Å²) in [5.41, 5.74) is -5.52. The number of rotatable bonds is 4. The number of aromatic amines is 1. The third-order valence-electron chi connectivity index (χ3n) is 6.41. The molecule has 0 bridgehead atoms. The fraction of sp³-hybridized carbons (Fsp3) is 0.346. The number of hydrogen-bond acceptors (Lipinski definition) is 5. The van der Waals surface area contributed by atoms with Crippen molar-refractivity contribution in [1.82, 2.24) is 15.3 Å². The molecular formula is C26H24F7N5O2. The number of halogens is 7. The van der Waals surface area contributed by atoms with E-state index in [1.54, 1.807) is 4.90 Å². The van der Waals surface area contributed by atoms with Gasteiger partial charge in [-0.15, -0.1) is 0 Å². The van der Waals surface area contributed by atoms with E-state index in [1.165, 1.54) is 0 Å². The van der Waals surface area contributed by atoms with Crippen LogP contribution < -0.4 is 21.1 Å². The fourth-order valence-corrected chi connectivity index (χ4v) is 4.72. The SMILES string of the molecule is Cc1ncc(-c2cc(NC(=O)c3c[nH]c(=O)cc3C(F)(F)F)c(N3C[C@@H](C)N[C@@H](C)C3)cc2F)cc1C(F)(F)F. The summed E-state index contributed by atoms with van der Waals surface area (Å²) in [6, 6.07) is 2.86. The standard InChI is InChI=1S/C26H24F7N5O2/c1-12-10-38(11-13(2)36-12)22-7-20(27)16(15-4-18(25(28,29)30)14(3)34-8-15)5-21(22)37-24(40)17-9-35-23(39)6-19(17)26(31,32)33/h4-9,12-13,36H,10-11H2,1-3H3,(H,35,39)(H,37,40)/t12-,13+. The van der Waals surface area contributed by atoms with Crippen LogP contribution in [0.15, 0.2) is 41.5 Å². The third kappa shape index (κ3) is 6.11. The Balaban J connectivity index is 1.86. The molecule has 1 amide bonds. The van der Waals surface area contributed by atoms with Crippen LogP contribution in [0.1, 0.15) is 41.0 Å². The zero-order valence-electron chi connectivity index (χ0n) is 21.4. The van der Waals surface area contributed by atoms with Crippen molar-refractivity contribution in [2.45, 2.75) is 45.2 Å². The summed E-state index contributed by atoms with van der Waals surface area (Å²) < 4.78 is 96.8. The number of alkyl halides is 6. The number of anilines is 2. The van der Waals surface area contributed by atoms with Crippen LogP contribution in [0.5, 0.6) is 0 Å². The average Bonchev–Trinajstić information content (AvgIpc) is 2.83. The molecule has 0 radical (unpaired) electrons. The number of aryl methyl sites for hydroxylation is 1. The van der Waals surface area contributed by atoms with Crippen LogP contribution in [0.3, 0.4) is 0 Å². The molecule has 14 heteroatoms. The number of nitrogens with zero attached hydrogens (tertiary/aromatic N) is 2. The first kappa shape index (κ1) is 29.1. The molecule has 0 aliphatic carbocycles. The average molecular weight is 571 g/mol. The molecule has 0 unspecified atom stereocenters. The molecule has 214 valence electrons. The highest BCUT2D eigenvalue weighted by Crippen LogP contribution is 2.39. The Labute approximate surface area is 223 Å². The monoisotopic (exact) mass is 571 g/mol. The maximum absolute atomic E-state index is 15.5. The summed E-state index contributed by atoms with van der Waals surface area (Å²) >= 11 is 0. The normalized spacial score (nSPS) is 18.1. The van der Waals surface area contributed by atoms with Crippen molar-refractivity contribution in [3.63, 3.8) is 0 Å². The highest BCUT2D eigenvalue weighted by atomic mass is 19.4. The second kappa shape index (κ2) is 10.6. The van der Waals surface area contributed by atoms with E-state index in [-0.39, 0.29) is 46.3 Å². The predicted molar refractivity (Wildman–Crippen MR) is 134 cm³/mol. The predicted octanol–water partition coefficient (Wildman–Crippen LogP) is 5.36. The van der Waals surface area contributed by atoms with Gasteiger partial charge in [0.25, 0.3) is 5.91 Å². The second-order valence-corrected chi connectivity index (χ2v) is 9.65. The summed E-state index contributed by atoms with van der Waals surface area (Å²) in [4.78, 5) is 32.1. The zero-order valence-corrected chi connectivity index (χ0v) is 21.4. The van der Waals surface area contributed by atoms with Crippen LogP contribution in [0.2, 0.25) is 0 Å². The number of nitrogens with one attached hydrogen (secondary N) is 3. The van der Waals surface area contributed by atoms with Crippen molar-refractivity contribution in [3.8, 4) is 11.1 Å². The quantitative estimate of drug-likeness (QED) is 0.367. The van der Waals surface area contributed by atoms with E-state index < -0.39 is 46.3 Å². The number of amides is 1. The summed E-state index contributed by atoms with van der Waals surface area (Å²) in [6.07, 6.45) is -8.17. The van der Waals surface area contributed by atoms with E-state index in [4.69, 9.17) is 0 Å². The Kier molecular flexibility index (Phi) is 7.67. The van der Waals surface area contributed by atoms with E-state index in [0.29, 0.717) is 25.4 Å². The van der Waals surface area contributed by atoms with E-state index in [1.807, 2.05) is 18.8 Å². The molecule has 2 atom stereocenters. The summed E-state index contributed by atoms with van der Waals surface area (Å²) in [5, 5.41) is 5.62. The van der Waals surface area contributed by atoms with Gasteiger partial charge in [-0.1, -0.05) is 0 Å². The van der Waals surface area contributed by atoms with Gasteiger partial charge in [0.05, 0.1) is 28.1 Å². The van der Waals surface area contributed by atoms with E-state index >= 15 is 4.39 Å². The molecule has 2 aromatic heterocycles. The molecule has 1 fully saturated rings. The Morgan fingerprint density at radius 3 is 2.23 bits per heavy atom. The molecule has 3 heterocycles. The molecule has 3 aromatic rings. The number of carbonyl (C=O) groups excluding carboxylic acids is 1. The molecule has 1 aliphatic heterocycles. The number of H-pyrrole nitrogens is 1. The number of hydrogen-bond donors (Lipinski definition) is 3. The van der Waals surface area contributed by atoms with Crippen LogP contribution >= 0.6 is 0 Å². The fourth-order valence-electron chi connectivity index (χ4n) is 4.72. The zero-order chi connectivity index (χ0) is 29.6. The molecule has 40 heavy (non-hydrogen) atoms. The van der Waals surface area contributed by atoms with Crippen LogP contribution in [-0.2, 0) is 12.4 Å². The maximum atomic E-state index is 15.5. The molecule has 1 saturated heterocycles. The van der Waals surface area contributed by atoms with Crippen molar-refractivity contribution in [2.75, 3.05) is 23.3 Å². The minimum Gasteiger partial charge on any atom is -0.367 e. The van der Waals surface area contributed by atoms with Gasteiger partial charge in [-0.3, -0.25) is 14.6 Å². The van der Waals surface area contributed by atoms with Gasteiger partial charge in [-0.05, 0) is 39.0 Å². The molecule has 3 N–H and O–H groups in total. The lowest BCUT2D eigenvalue weighted by molar-refractivity contribution is -0.139. The van der Waals surface area contributed by atoms with Gasteiger partial charge < -0.3 is 20.5 Å². The smallest absolute Gasteiger partial charge is 0.367 e. The van der Waals surface area contributed by atoms with Gasteiger partial charge in [-0.25, -0.2) is 4.39 Å². The van der Waals surface area contributed by atoms with Crippen LogP contribution in [0.25, 0.3) is 11.1 Å². The first-order valence-electron chi connectivity index (χ1n) is 12.0. The molecule has 4 rings (SSSR count). The van der Waals surface area contributed by atoms with Gasteiger partial charge in [-0.2, -0.15) is 26.3 Å². The third-order valence-corrected chi connectivity index (χ3v) is 6.41. The molecule has 0 saturated carbocycles. The van der Waals surface area contributed by atoms with Crippen LogP contribution in [0, 0.1) is 12.7 Å². The lowest BCUT2D eigenvalue weighted by Gasteiger charge is -2.38. The molecule has 7 nitrogen and oxygen atoms in total. The summed E-state index contributed by atoms with van der Waals surface area (Å²) in [7, 11) is 0.